The molecule has 0 spiro atoms. The Morgan fingerprint density at radius 1 is 0.607 bits per heavy atom. The lowest BCUT2D eigenvalue weighted by molar-refractivity contribution is 0.144. The van der Waals surface area contributed by atoms with Gasteiger partial charge >= 0.3 is 17.1 Å². The van der Waals surface area contributed by atoms with Crippen molar-refractivity contribution in [1.29, 1.82) is 0 Å². The molecule has 0 saturated carbocycles. The number of hydrogen-bond acceptors (Lipinski definition) is 4. The van der Waals surface area contributed by atoms with Crippen molar-refractivity contribution < 1.29 is 17.7 Å². The fraction of sp³-hybridized carbons (Fsp3) is 0.818. The maximum Gasteiger partial charge on any atom is 0.369 e. The highest BCUT2D eigenvalue weighted by Crippen LogP contribution is 2.37. The molecule has 0 aliphatic carbocycles. The third-order valence-corrected chi connectivity index (χ3v) is 13.7. The van der Waals surface area contributed by atoms with Crippen molar-refractivity contribution in [2.24, 2.45) is 0 Å². The Labute approximate surface area is 177 Å². The fourth-order valence-electron chi connectivity index (χ4n) is 2.96. The summed E-state index contributed by atoms with van der Waals surface area (Å²) in [5, 5.41) is 0.0254. The molecule has 0 aromatic carbocycles. The first-order valence-corrected chi connectivity index (χ1v) is 15.3. The van der Waals surface area contributed by atoms with Crippen molar-refractivity contribution >= 4 is 17.1 Å². The summed E-state index contributed by atoms with van der Waals surface area (Å²) in [6.45, 7) is 21.9. The molecule has 4 nitrogen and oxygen atoms in total. The van der Waals surface area contributed by atoms with Crippen LogP contribution in [0.2, 0.25) is 5.16 Å². The second-order valence-electron chi connectivity index (χ2n) is 7.38. The Morgan fingerprint density at radius 3 is 1.04 bits per heavy atom. The van der Waals surface area contributed by atoms with E-state index in [1.54, 1.807) is 0 Å². The third kappa shape index (κ3) is 9.05. The van der Waals surface area contributed by atoms with Crippen molar-refractivity contribution in [1.82, 2.24) is 0 Å². The van der Waals surface area contributed by atoms with Gasteiger partial charge in [0.05, 0.1) is 5.16 Å². The van der Waals surface area contributed by atoms with Gasteiger partial charge in [-0.1, -0.05) is 60.3 Å². The molecular weight excluding hydrogens is 384 g/mol. The minimum absolute atomic E-state index is 0.0254. The lowest BCUT2D eigenvalue weighted by Gasteiger charge is -2.41. The van der Waals surface area contributed by atoms with Gasteiger partial charge in [0.15, 0.2) is 0 Å². The van der Waals surface area contributed by atoms with Crippen molar-refractivity contribution in [3.8, 4) is 0 Å². The van der Waals surface area contributed by atoms with Gasteiger partial charge in [0.1, 0.15) is 0 Å². The van der Waals surface area contributed by atoms with E-state index < -0.39 is 17.1 Å². The highest BCUT2D eigenvalue weighted by molar-refractivity contribution is 6.92. The van der Waals surface area contributed by atoms with Crippen LogP contribution in [0.5, 0.6) is 0 Å². The van der Waals surface area contributed by atoms with Gasteiger partial charge in [-0.15, -0.1) is 13.2 Å². The number of rotatable bonds is 20. The van der Waals surface area contributed by atoms with Gasteiger partial charge in [0.2, 0.25) is 0 Å². The molecule has 0 aliphatic heterocycles. The van der Waals surface area contributed by atoms with Gasteiger partial charge in [-0.3, -0.25) is 0 Å². The highest BCUT2D eigenvalue weighted by atomic mass is 28.4. The number of hydrogen-bond donors (Lipinski definition) is 0. The molecule has 0 radical (unpaired) electrons. The van der Waals surface area contributed by atoms with Gasteiger partial charge in [-0.05, 0) is 37.1 Å². The summed E-state index contributed by atoms with van der Waals surface area (Å²) in [6, 6.07) is 0. The van der Waals surface area contributed by atoms with E-state index in [0.717, 1.165) is 51.4 Å². The fourth-order valence-corrected chi connectivity index (χ4v) is 11.1. The smallest absolute Gasteiger partial charge is 0.369 e. The summed E-state index contributed by atoms with van der Waals surface area (Å²) in [5.41, 5.74) is 3.89. The van der Waals surface area contributed by atoms with E-state index >= 15 is 0 Å². The monoisotopic (exact) mass is 430 g/mol. The molecule has 0 rings (SSSR count). The van der Waals surface area contributed by atoms with E-state index in [1.165, 1.54) is 0 Å². The predicted molar refractivity (Wildman–Crippen MR) is 125 cm³/mol. The van der Waals surface area contributed by atoms with Gasteiger partial charge in [-0.25, -0.2) is 0 Å². The molecule has 0 unspecified atom stereocenters. The van der Waals surface area contributed by atoms with Crippen LogP contribution in [0.25, 0.3) is 0 Å². The standard InChI is InChI=1S/C22H46O4Si2/c1-8-14-18-23-27(12-5,24-19-15-9-2)22(7)28(13-6,25-20-16-10-3)26-21-17-11-4/h12-13,22H,5-6,8-11,14-21H2,1-4,7H3. The summed E-state index contributed by atoms with van der Waals surface area (Å²) in [7, 11) is -5.44. The van der Waals surface area contributed by atoms with Gasteiger partial charge in [-0.2, -0.15) is 0 Å². The van der Waals surface area contributed by atoms with E-state index in [-0.39, 0.29) is 5.16 Å². The van der Waals surface area contributed by atoms with Crippen molar-refractivity contribution in [2.45, 2.75) is 91.1 Å². The van der Waals surface area contributed by atoms with E-state index in [2.05, 4.69) is 47.8 Å². The molecular formula is C22H46O4Si2. The maximum absolute atomic E-state index is 6.47. The topological polar surface area (TPSA) is 36.9 Å². The first-order chi connectivity index (χ1) is 13.5. The van der Waals surface area contributed by atoms with E-state index in [0.29, 0.717) is 26.4 Å². The minimum Gasteiger partial charge on any atom is -0.391 e. The highest BCUT2D eigenvalue weighted by Gasteiger charge is 2.56. The number of unbranched alkanes of at least 4 members (excludes halogenated alkanes) is 4. The van der Waals surface area contributed by atoms with Crippen LogP contribution in [-0.2, 0) is 17.7 Å². The SMILES string of the molecule is C=C[Si](OCCCC)(OCCCC)C(C)[Si](C=C)(OCCCC)OCCCC. The lowest BCUT2D eigenvalue weighted by Crippen LogP contribution is -2.59. The lowest BCUT2D eigenvalue weighted by atomic mass is 10.4. The Balaban J connectivity index is 5.70. The molecule has 0 N–H and O–H groups in total. The molecule has 0 aliphatic rings. The van der Waals surface area contributed by atoms with E-state index in [4.69, 9.17) is 17.7 Å². The molecule has 0 fully saturated rings. The molecule has 0 bridgehead atoms. The van der Waals surface area contributed by atoms with Crippen LogP contribution in [0.4, 0.5) is 0 Å². The summed E-state index contributed by atoms with van der Waals surface area (Å²) in [4.78, 5) is 0. The second-order valence-corrected chi connectivity index (χ2v) is 14.5. The Kier molecular flexibility index (Phi) is 16.4. The zero-order valence-electron chi connectivity index (χ0n) is 19.3. The van der Waals surface area contributed by atoms with E-state index in [1.807, 2.05) is 11.4 Å². The molecule has 0 aromatic rings. The molecule has 0 amide bonds. The van der Waals surface area contributed by atoms with Crippen LogP contribution in [0.15, 0.2) is 24.6 Å². The quantitative estimate of drug-likeness (QED) is 0.163. The first-order valence-electron chi connectivity index (χ1n) is 11.3. The van der Waals surface area contributed by atoms with Gasteiger partial charge in [0.25, 0.3) is 0 Å². The second kappa shape index (κ2) is 16.5. The molecule has 0 atom stereocenters. The summed E-state index contributed by atoms with van der Waals surface area (Å²) >= 11 is 0. The predicted octanol–water partition coefficient (Wildman–Crippen LogP) is 6.52. The minimum atomic E-state index is -2.72. The van der Waals surface area contributed by atoms with Gasteiger partial charge in [0, 0.05) is 26.4 Å². The van der Waals surface area contributed by atoms with Crippen LogP contribution in [0.1, 0.15) is 86.0 Å². The van der Waals surface area contributed by atoms with Crippen LogP contribution in [0, 0.1) is 0 Å². The zero-order chi connectivity index (χ0) is 21.3. The van der Waals surface area contributed by atoms with Crippen LogP contribution in [-0.4, -0.2) is 43.5 Å². The van der Waals surface area contributed by atoms with Crippen LogP contribution in [0.3, 0.4) is 0 Å². The molecule has 0 saturated heterocycles. The van der Waals surface area contributed by atoms with Crippen LogP contribution < -0.4 is 0 Å². The average Bonchev–Trinajstić information content (AvgIpc) is 2.71. The molecule has 0 heterocycles. The normalized spacial score (nSPS) is 12.5. The maximum atomic E-state index is 6.47. The van der Waals surface area contributed by atoms with Crippen LogP contribution >= 0.6 is 0 Å². The molecule has 6 heteroatoms. The molecule has 28 heavy (non-hydrogen) atoms. The van der Waals surface area contributed by atoms with Gasteiger partial charge < -0.3 is 17.7 Å². The zero-order valence-corrected chi connectivity index (χ0v) is 21.3. The van der Waals surface area contributed by atoms with Crippen molar-refractivity contribution in [3.63, 3.8) is 0 Å². The Morgan fingerprint density at radius 2 is 0.857 bits per heavy atom. The van der Waals surface area contributed by atoms with Crippen molar-refractivity contribution in [2.75, 3.05) is 26.4 Å². The summed E-state index contributed by atoms with van der Waals surface area (Å²) in [5.74, 6) is 0. The Bertz CT molecular complexity index is 348. The van der Waals surface area contributed by atoms with E-state index in [9.17, 15) is 0 Å². The molecule has 0 aromatic heterocycles. The Hall–Kier alpha value is -0.246. The first kappa shape index (κ1) is 27.8. The van der Waals surface area contributed by atoms with Crippen molar-refractivity contribution in [3.05, 3.63) is 24.6 Å². The third-order valence-electron chi connectivity index (χ3n) is 5.08. The largest absolute Gasteiger partial charge is 0.391 e. The summed E-state index contributed by atoms with van der Waals surface area (Å²) < 4.78 is 25.9. The summed E-state index contributed by atoms with van der Waals surface area (Å²) in [6.07, 6.45) is 8.43. The average molecular weight is 431 g/mol. The molecule has 166 valence electrons.